The minimum absolute atomic E-state index is 0.331. The normalized spacial score (nSPS) is 17.0. The van der Waals surface area contributed by atoms with E-state index in [-0.39, 0.29) is 0 Å². The number of fused-ring (bicyclic) bond motifs is 1. The van der Waals surface area contributed by atoms with E-state index in [2.05, 4.69) is 14.9 Å². The van der Waals surface area contributed by atoms with Gasteiger partial charge in [-0.3, -0.25) is 4.90 Å². The van der Waals surface area contributed by atoms with E-state index in [1.165, 1.54) is 0 Å². The summed E-state index contributed by atoms with van der Waals surface area (Å²) in [7, 11) is 0. The molecular weight excluding hydrogens is 238 g/mol. The van der Waals surface area contributed by atoms with E-state index in [0.717, 1.165) is 36.5 Å². The molecule has 0 saturated heterocycles. The highest BCUT2D eigenvalue weighted by Gasteiger charge is 2.24. The van der Waals surface area contributed by atoms with Crippen LogP contribution in [0.3, 0.4) is 0 Å². The highest BCUT2D eigenvalue weighted by molar-refractivity contribution is 6.28. The Morgan fingerprint density at radius 2 is 2.12 bits per heavy atom. The zero-order valence-electron chi connectivity index (χ0n) is 10.5. The zero-order chi connectivity index (χ0) is 12.6. The van der Waals surface area contributed by atoms with Gasteiger partial charge in [0.25, 0.3) is 0 Å². The first-order chi connectivity index (χ1) is 7.85. The van der Waals surface area contributed by atoms with Gasteiger partial charge in [0, 0.05) is 37.3 Å². The van der Waals surface area contributed by atoms with Crippen LogP contribution >= 0.6 is 11.6 Å². The second-order valence-electron chi connectivity index (χ2n) is 5.28. The topological polar surface area (TPSA) is 49.2 Å². The molecule has 1 aliphatic heterocycles. The lowest BCUT2D eigenvalue weighted by atomic mass is 10.0. The summed E-state index contributed by atoms with van der Waals surface area (Å²) in [5.74, 6) is 0. The molecule has 1 N–H and O–H groups in total. The molecule has 17 heavy (non-hydrogen) atoms. The minimum atomic E-state index is -0.668. The number of hydrogen-bond donors (Lipinski definition) is 1. The number of aryl methyl sites for hydroxylation is 1. The van der Waals surface area contributed by atoms with Gasteiger partial charge in [0.15, 0.2) is 0 Å². The lowest BCUT2D eigenvalue weighted by Gasteiger charge is -2.33. The Balaban J connectivity index is 2.19. The predicted molar refractivity (Wildman–Crippen MR) is 67.1 cm³/mol. The van der Waals surface area contributed by atoms with Gasteiger partial charge in [-0.1, -0.05) is 0 Å². The third-order valence-corrected chi connectivity index (χ3v) is 3.10. The SMILES string of the molecule is Cc1nc(Cl)nc2c1CN(CC(C)(C)O)CC2. The Morgan fingerprint density at radius 1 is 1.41 bits per heavy atom. The van der Waals surface area contributed by atoms with E-state index >= 15 is 0 Å². The van der Waals surface area contributed by atoms with Crippen LogP contribution in [0.15, 0.2) is 0 Å². The summed E-state index contributed by atoms with van der Waals surface area (Å²) in [5.41, 5.74) is 2.48. The first-order valence-electron chi connectivity index (χ1n) is 5.82. The van der Waals surface area contributed by atoms with Crippen molar-refractivity contribution in [3.63, 3.8) is 0 Å². The molecule has 0 spiro atoms. The van der Waals surface area contributed by atoms with Gasteiger partial charge in [0.2, 0.25) is 5.28 Å². The maximum absolute atomic E-state index is 9.84. The third-order valence-electron chi connectivity index (χ3n) is 2.93. The van der Waals surface area contributed by atoms with E-state index in [1.807, 2.05) is 20.8 Å². The zero-order valence-corrected chi connectivity index (χ0v) is 11.3. The number of hydrogen-bond acceptors (Lipinski definition) is 4. The van der Waals surface area contributed by atoms with Gasteiger partial charge >= 0.3 is 0 Å². The van der Waals surface area contributed by atoms with E-state index in [0.29, 0.717) is 11.8 Å². The summed E-state index contributed by atoms with van der Waals surface area (Å²) in [6, 6.07) is 0. The molecule has 94 valence electrons. The van der Waals surface area contributed by atoms with Crippen LogP contribution in [0.1, 0.15) is 30.8 Å². The van der Waals surface area contributed by atoms with Crippen molar-refractivity contribution >= 4 is 11.6 Å². The van der Waals surface area contributed by atoms with Crippen molar-refractivity contribution in [2.45, 2.75) is 39.3 Å². The van der Waals surface area contributed by atoms with Crippen LogP contribution in [-0.4, -0.2) is 38.7 Å². The molecule has 0 bridgehead atoms. The quantitative estimate of drug-likeness (QED) is 0.815. The van der Waals surface area contributed by atoms with Crippen molar-refractivity contribution in [2.75, 3.05) is 13.1 Å². The van der Waals surface area contributed by atoms with Crippen molar-refractivity contribution in [2.24, 2.45) is 0 Å². The number of aliphatic hydroxyl groups is 1. The Kier molecular flexibility index (Phi) is 3.39. The summed E-state index contributed by atoms with van der Waals surface area (Å²) < 4.78 is 0. The highest BCUT2D eigenvalue weighted by atomic mass is 35.5. The summed E-state index contributed by atoms with van der Waals surface area (Å²) in [5, 5.41) is 10.2. The van der Waals surface area contributed by atoms with Crippen molar-refractivity contribution < 1.29 is 5.11 Å². The minimum Gasteiger partial charge on any atom is -0.389 e. The monoisotopic (exact) mass is 255 g/mol. The lowest BCUT2D eigenvalue weighted by Crippen LogP contribution is -2.41. The fourth-order valence-electron chi connectivity index (χ4n) is 2.28. The average Bonchev–Trinajstić information content (AvgIpc) is 2.16. The Labute approximate surface area is 107 Å². The van der Waals surface area contributed by atoms with E-state index in [4.69, 9.17) is 11.6 Å². The van der Waals surface area contributed by atoms with Crippen LogP contribution in [-0.2, 0) is 13.0 Å². The fraction of sp³-hybridized carbons (Fsp3) is 0.667. The van der Waals surface area contributed by atoms with E-state index in [1.54, 1.807) is 0 Å². The maximum Gasteiger partial charge on any atom is 0.222 e. The summed E-state index contributed by atoms with van der Waals surface area (Å²) in [4.78, 5) is 10.7. The van der Waals surface area contributed by atoms with Crippen LogP contribution in [0, 0.1) is 6.92 Å². The number of rotatable bonds is 2. The Morgan fingerprint density at radius 3 is 2.76 bits per heavy atom. The van der Waals surface area contributed by atoms with Gasteiger partial charge < -0.3 is 5.11 Å². The van der Waals surface area contributed by atoms with Crippen molar-refractivity contribution in [1.82, 2.24) is 14.9 Å². The van der Waals surface area contributed by atoms with Crippen molar-refractivity contribution in [3.8, 4) is 0 Å². The molecule has 0 aliphatic carbocycles. The van der Waals surface area contributed by atoms with Gasteiger partial charge in [-0.05, 0) is 32.4 Å². The molecule has 0 saturated carbocycles. The van der Waals surface area contributed by atoms with Gasteiger partial charge in [-0.25, -0.2) is 9.97 Å². The molecule has 0 unspecified atom stereocenters. The molecule has 0 fully saturated rings. The van der Waals surface area contributed by atoms with Crippen LogP contribution < -0.4 is 0 Å². The van der Waals surface area contributed by atoms with E-state index in [9.17, 15) is 5.11 Å². The van der Waals surface area contributed by atoms with Crippen LogP contribution in [0.5, 0.6) is 0 Å². The molecule has 5 heteroatoms. The molecule has 0 aromatic carbocycles. The number of β-amino-alcohol motifs (C(OH)–C–C–N with tert-alkyl or cyclic N) is 1. The number of nitrogens with zero attached hydrogens (tertiary/aromatic N) is 3. The van der Waals surface area contributed by atoms with Gasteiger partial charge in [0.1, 0.15) is 0 Å². The molecule has 2 heterocycles. The highest BCUT2D eigenvalue weighted by Crippen LogP contribution is 2.22. The first kappa shape index (κ1) is 12.7. The van der Waals surface area contributed by atoms with Gasteiger partial charge in [0.05, 0.1) is 11.3 Å². The molecular formula is C12H18ClN3O. The average molecular weight is 256 g/mol. The predicted octanol–water partition coefficient (Wildman–Crippen LogP) is 1.57. The standard InChI is InChI=1S/C12H18ClN3O/c1-8-9-6-16(7-12(2,3)17)5-4-10(9)15-11(13)14-8/h17H,4-7H2,1-3H3. The van der Waals surface area contributed by atoms with Crippen molar-refractivity contribution in [1.29, 1.82) is 0 Å². The van der Waals surface area contributed by atoms with Crippen molar-refractivity contribution in [3.05, 3.63) is 22.2 Å². The molecule has 4 nitrogen and oxygen atoms in total. The lowest BCUT2D eigenvalue weighted by molar-refractivity contribution is 0.0314. The molecule has 1 aromatic heterocycles. The molecule has 2 rings (SSSR count). The third kappa shape index (κ3) is 3.15. The second kappa shape index (κ2) is 4.52. The molecule has 1 aromatic rings. The fourth-order valence-corrected chi connectivity index (χ4v) is 2.51. The summed E-state index contributed by atoms with van der Waals surface area (Å²) in [6.07, 6.45) is 0.870. The Bertz CT molecular complexity index is 428. The summed E-state index contributed by atoms with van der Waals surface area (Å²) in [6.45, 7) is 7.97. The van der Waals surface area contributed by atoms with E-state index < -0.39 is 5.60 Å². The first-order valence-corrected chi connectivity index (χ1v) is 6.19. The Hall–Kier alpha value is -0.710. The molecule has 0 amide bonds. The smallest absolute Gasteiger partial charge is 0.222 e. The number of aromatic nitrogens is 2. The number of halogens is 1. The second-order valence-corrected chi connectivity index (χ2v) is 5.61. The van der Waals surface area contributed by atoms with Gasteiger partial charge in [-0.15, -0.1) is 0 Å². The molecule has 0 radical (unpaired) electrons. The van der Waals surface area contributed by atoms with Crippen LogP contribution in [0.25, 0.3) is 0 Å². The van der Waals surface area contributed by atoms with Crippen LogP contribution in [0.2, 0.25) is 5.28 Å². The largest absolute Gasteiger partial charge is 0.389 e. The van der Waals surface area contributed by atoms with Gasteiger partial charge in [-0.2, -0.15) is 0 Å². The summed E-state index contributed by atoms with van der Waals surface area (Å²) >= 11 is 5.85. The maximum atomic E-state index is 9.84. The molecule has 1 aliphatic rings. The van der Waals surface area contributed by atoms with Crippen LogP contribution in [0.4, 0.5) is 0 Å². The molecule has 0 atom stereocenters.